The lowest BCUT2D eigenvalue weighted by molar-refractivity contribution is 0.0505. The maximum atomic E-state index is 12.3. The highest BCUT2D eigenvalue weighted by Gasteiger charge is 2.13. The smallest absolute Gasteiger partial charge is 0.338 e. The number of aromatic nitrogens is 2. The van der Waals surface area contributed by atoms with E-state index in [-0.39, 0.29) is 11.9 Å². The molecule has 7 heteroatoms. The fourth-order valence-corrected chi connectivity index (χ4v) is 2.99. The summed E-state index contributed by atoms with van der Waals surface area (Å²) in [6.45, 7) is 4.33. The largest absolute Gasteiger partial charge is 0.462 e. The second kappa shape index (κ2) is 6.84. The molecule has 0 bridgehead atoms. The van der Waals surface area contributed by atoms with Crippen LogP contribution in [0.25, 0.3) is 4.96 Å². The molecule has 2 aromatic heterocycles. The Morgan fingerprint density at radius 1 is 1.25 bits per heavy atom. The van der Waals surface area contributed by atoms with Crippen molar-refractivity contribution in [2.45, 2.75) is 20.3 Å². The van der Waals surface area contributed by atoms with Crippen LogP contribution in [0.15, 0.2) is 36.7 Å². The number of ether oxygens (including phenoxy) is 1. The van der Waals surface area contributed by atoms with Crippen LogP contribution in [-0.2, 0) is 4.74 Å². The predicted octanol–water partition coefficient (Wildman–Crippen LogP) is 3.52. The topological polar surface area (TPSA) is 72.7 Å². The van der Waals surface area contributed by atoms with E-state index in [0.29, 0.717) is 23.6 Å². The van der Waals surface area contributed by atoms with Crippen LogP contribution in [0.3, 0.4) is 0 Å². The molecule has 24 heavy (non-hydrogen) atoms. The highest BCUT2D eigenvalue weighted by atomic mass is 32.1. The Balaban J connectivity index is 1.67. The molecule has 0 fully saturated rings. The number of amides is 1. The third kappa shape index (κ3) is 3.46. The van der Waals surface area contributed by atoms with Gasteiger partial charge in [0, 0.05) is 23.0 Å². The van der Waals surface area contributed by atoms with Gasteiger partial charge in [0.1, 0.15) is 5.69 Å². The molecule has 1 aromatic carbocycles. The number of imidazole rings is 1. The number of nitrogens with zero attached hydrogens (tertiary/aromatic N) is 2. The third-order valence-corrected chi connectivity index (χ3v) is 4.23. The molecule has 6 nitrogen and oxygen atoms in total. The molecule has 0 aliphatic heterocycles. The third-order valence-electron chi connectivity index (χ3n) is 3.32. The number of esters is 1. The summed E-state index contributed by atoms with van der Waals surface area (Å²) in [4.78, 5) is 30.2. The molecular weight excluding hydrogens is 326 g/mol. The Morgan fingerprint density at radius 3 is 2.67 bits per heavy atom. The molecule has 0 unspecified atom stereocenters. The zero-order valence-corrected chi connectivity index (χ0v) is 14.2. The van der Waals surface area contributed by atoms with E-state index in [2.05, 4.69) is 10.3 Å². The molecule has 3 rings (SSSR count). The van der Waals surface area contributed by atoms with Crippen LogP contribution < -0.4 is 5.32 Å². The van der Waals surface area contributed by atoms with Crippen molar-refractivity contribution in [3.05, 3.63) is 52.8 Å². The lowest BCUT2D eigenvalue weighted by atomic mass is 10.2. The zero-order chi connectivity index (χ0) is 17.1. The van der Waals surface area contributed by atoms with E-state index in [1.165, 1.54) is 11.3 Å². The highest BCUT2D eigenvalue weighted by Crippen LogP contribution is 2.18. The van der Waals surface area contributed by atoms with E-state index in [1.807, 2.05) is 24.4 Å². The van der Waals surface area contributed by atoms with Gasteiger partial charge in [-0.1, -0.05) is 6.92 Å². The number of hydrogen-bond donors (Lipinski definition) is 1. The number of carbonyl (C=O) groups excluding carboxylic acids is 2. The van der Waals surface area contributed by atoms with Crippen molar-refractivity contribution >= 4 is 33.9 Å². The van der Waals surface area contributed by atoms with Gasteiger partial charge in [-0.15, -0.1) is 11.3 Å². The molecule has 0 atom stereocenters. The summed E-state index contributed by atoms with van der Waals surface area (Å²) in [5, 5.41) is 2.77. The molecule has 0 spiro atoms. The van der Waals surface area contributed by atoms with Gasteiger partial charge in [0.05, 0.1) is 12.2 Å². The van der Waals surface area contributed by atoms with Crippen molar-refractivity contribution in [2.75, 3.05) is 11.9 Å². The van der Waals surface area contributed by atoms with Crippen LogP contribution in [0.1, 0.15) is 39.1 Å². The number of carbonyl (C=O) groups is 2. The van der Waals surface area contributed by atoms with Crippen LogP contribution in [-0.4, -0.2) is 27.9 Å². The van der Waals surface area contributed by atoms with E-state index < -0.39 is 0 Å². The van der Waals surface area contributed by atoms with E-state index in [1.54, 1.807) is 30.5 Å². The van der Waals surface area contributed by atoms with Crippen LogP contribution in [0.4, 0.5) is 5.69 Å². The van der Waals surface area contributed by atoms with Gasteiger partial charge in [0.15, 0.2) is 4.96 Å². The molecule has 0 aliphatic carbocycles. The first-order chi connectivity index (χ1) is 11.6. The average Bonchev–Trinajstić information content (AvgIpc) is 3.10. The quantitative estimate of drug-likeness (QED) is 0.719. The second-order valence-corrected chi connectivity index (χ2v) is 6.54. The van der Waals surface area contributed by atoms with Gasteiger partial charge < -0.3 is 10.1 Å². The first-order valence-electron chi connectivity index (χ1n) is 7.60. The number of fused-ring (bicyclic) bond motifs is 1. The number of benzene rings is 1. The van der Waals surface area contributed by atoms with Crippen LogP contribution in [0, 0.1) is 6.92 Å². The molecule has 124 valence electrons. The summed E-state index contributed by atoms with van der Waals surface area (Å²) >= 11 is 1.53. The minimum absolute atomic E-state index is 0.287. The maximum absolute atomic E-state index is 12.3. The maximum Gasteiger partial charge on any atom is 0.338 e. The van der Waals surface area contributed by atoms with E-state index in [0.717, 1.165) is 16.3 Å². The zero-order valence-electron chi connectivity index (χ0n) is 13.4. The van der Waals surface area contributed by atoms with Gasteiger partial charge in [-0.3, -0.25) is 9.20 Å². The number of rotatable bonds is 5. The average molecular weight is 343 g/mol. The van der Waals surface area contributed by atoms with Crippen molar-refractivity contribution in [3.63, 3.8) is 0 Å². The molecule has 0 radical (unpaired) electrons. The summed E-state index contributed by atoms with van der Waals surface area (Å²) in [5.74, 6) is -0.649. The van der Waals surface area contributed by atoms with Gasteiger partial charge in [0.2, 0.25) is 0 Å². The summed E-state index contributed by atoms with van der Waals surface area (Å²) in [6, 6.07) is 6.59. The molecule has 0 saturated heterocycles. The van der Waals surface area contributed by atoms with Gasteiger partial charge in [0.25, 0.3) is 5.91 Å². The molecule has 3 aromatic rings. The summed E-state index contributed by atoms with van der Waals surface area (Å²) < 4.78 is 6.90. The van der Waals surface area contributed by atoms with Crippen molar-refractivity contribution < 1.29 is 14.3 Å². The molecule has 2 heterocycles. The lowest BCUT2D eigenvalue weighted by Gasteiger charge is -2.05. The van der Waals surface area contributed by atoms with Gasteiger partial charge in [-0.25, -0.2) is 9.78 Å². The summed E-state index contributed by atoms with van der Waals surface area (Å²) in [6.07, 6.45) is 4.41. The van der Waals surface area contributed by atoms with Crippen LogP contribution in [0.5, 0.6) is 0 Å². The molecule has 0 aliphatic rings. The first-order valence-corrected chi connectivity index (χ1v) is 8.42. The number of anilines is 1. The van der Waals surface area contributed by atoms with E-state index in [4.69, 9.17) is 4.74 Å². The van der Waals surface area contributed by atoms with Gasteiger partial charge in [-0.05, 0) is 37.6 Å². The van der Waals surface area contributed by atoms with E-state index in [9.17, 15) is 9.59 Å². The molecular formula is C17H17N3O3S. The SMILES string of the molecule is CCCOC(=O)c1ccc(NC(=O)c2cn3cc(C)sc3n2)cc1. The standard InChI is InChI=1S/C17H17N3O3S/c1-3-8-23-16(22)12-4-6-13(7-5-12)18-15(21)14-10-20-9-11(2)24-17(20)19-14/h4-7,9-10H,3,8H2,1-2H3,(H,18,21). The molecule has 1 N–H and O–H groups in total. The molecule has 0 saturated carbocycles. The number of nitrogens with one attached hydrogen (secondary N) is 1. The van der Waals surface area contributed by atoms with Crippen molar-refractivity contribution in [1.29, 1.82) is 0 Å². The first kappa shape index (κ1) is 16.2. The molecule has 1 amide bonds. The van der Waals surface area contributed by atoms with Crippen molar-refractivity contribution in [2.24, 2.45) is 0 Å². The van der Waals surface area contributed by atoms with Crippen LogP contribution >= 0.6 is 11.3 Å². The Labute approximate surface area is 143 Å². The number of thiazole rings is 1. The fourth-order valence-electron chi connectivity index (χ4n) is 2.18. The number of aryl methyl sites for hydroxylation is 1. The Bertz CT molecular complexity index is 849. The number of hydrogen-bond acceptors (Lipinski definition) is 5. The summed E-state index contributed by atoms with van der Waals surface area (Å²) in [7, 11) is 0. The van der Waals surface area contributed by atoms with Crippen molar-refractivity contribution in [1.82, 2.24) is 9.38 Å². The van der Waals surface area contributed by atoms with E-state index >= 15 is 0 Å². The minimum Gasteiger partial charge on any atom is -0.462 e. The monoisotopic (exact) mass is 343 g/mol. The van der Waals surface area contributed by atoms with Crippen molar-refractivity contribution in [3.8, 4) is 0 Å². The van der Waals surface area contributed by atoms with Crippen LogP contribution in [0.2, 0.25) is 0 Å². The Morgan fingerprint density at radius 2 is 2.00 bits per heavy atom. The van der Waals surface area contributed by atoms with Gasteiger partial charge >= 0.3 is 5.97 Å². The Kier molecular flexibility index (Phi) is 4.61. The van der Waals surface area contributed by atoms with Gasteiger partial charge in [-0.2, -0.15) is 0 Å². The highest BCUT2D eigenvalue weighted by molar-refractivity contribution is 7.17. The lowest BCUT2D eigenvalue weighted by Crippen LogP contribution is -2.12. The fraction of sp³-hybridized carbons (Fsp3) is 0.235. The normalized spacial score (nSPS) is 10.8. The Hall–Kier alpha value is -2.67. The summed E-state index contributed by atoms with van der Waals surface area (Å²) in [5.41, 5.74) is 1.41. The second-order valence-electron chi connectivity index (χ2n) is 5.33. The predicted molar refractivity (Wildman–Crippen MR) is 92.8 cm³/mol. The minimum atomic E-state index is -0.362.